The Balaban J connectivity index is 2.09. The second kappa shape index (κ2) is 7.54. The summed E-state index contributed by atoms with van der Waals surface area (Å²) in [5.74, 6) is 1.78. The van der Waals surface area contributed by atoms with Crippen LogP contribution in [0.2, 0.25) is 0 Å². The van der Waals surface area contributed by atoms with Crippen LogP contribution < -0.4 is 5.32 Å². The van der Waals surface area contributed by atoms with Crippen molar-refractivity contribution < 1.29 is 4.79 Å². The van der Waals surface area contributed by atoms with Crippen molar-refractivity contribution >= 4 is 11.9 Å². The summed E-state index contributed by atoms with van der Waals surface area (Å²) in [6.07, 6.45) is 6.33. The summed E-state index contributed by atoms with van der Waals surface area (Å²) >= 11 is 0. The van der Waals surface area contributed by atoms with Gasteiger partial charge in [0, 0.05) is 33.2 Å². The van der Waals surface area contributed by atoms with Crippen LogP contribution in [0.1, 0.15) is 52.9 Å². The number of guanidine groups is 1. The molecule has 1 spiro atoms. The molecule has 5 nitrogen and oxygen atoms in total. The van der Waals surface area contributed by atoms with E-state index >= 15 is 0 Å². The van der Waals surface area contributed by atoms with Gasteiger partial charge >= 0.3 is 0 Å². The van der Waals surface area contributed by atoms with E-state index in [9.17, 15) is 4.79 Å². The third-order valence-corrected chi connectivity index (χ3v) is 5.88. The van der Waals surface area contributed by atoms with Crippen molar-refractivity contribution in [1.29, 1.82) is 0 Å². The molecule has 0 radical (unpaired) electrons. The van der Waals surface area contributed by atoms with Gasteiger partial charge in [0.2, 0.25) is 5.91 Å². The number of rotatable bonds is 4. The first-order chi connectivity index (χ1) is 10.9. The van der Waals surface area contributed by atoms with Crippen molar-refractivity contribution in [3.8, 4) is 0 Å². The van der Waals surface area contributed by atoms with E-state index in [0.29, 0.717) is 11.5 Å². The Bertz CT molecular complexity index is 442. The van der Waals surface area contributed by atoms with Gasteiger partial charge in [0.1, 0.15) is 6.54 Å². The predicted octanol–water partition coefficient (Wildman–Crippen LogP) is 2.33. The van der Waals surface area contributed by atoms with Crippen LogP contribution in [0.25, 0.3) is 0 Å². The number of hydrogen-bond acceptors (Lipinski definition) is 2. The van der Waals surface area contributed by atoms with E-state index in [-0.39, 0.29) is 12.5 Å². The lowest BCUT2D eigenvalue weighted by Crippen LogP contribution is -2.57. The fraction of sp³-hybridized carbons (Fsp3) is 0.889. The van der Waals surface area contributed by atoms with Gasteiger partial charge < -0.3 is 15.1 Å². The van der Waals surface area contributed by atoms with E-state index in [4.69, 9.17) is 0 Å². The molecular weight excluding hydrogens is 288 g/mol. The van der Waals surface area contributed by atoms with Gasteiger partial charge in [-0.25, -0.2) is 4.99 Å². The smallest absolute Gasteiger partial charge is 0.243 e. The molecule has 132 valence electrons. The van der Waals surface area contributed by atoms with Gasteiger partial charge in [-0.1, -0.05) is 20.3 Å². The van der Waals surface area contributed by atoms with E-state index in [0.717, 1.165) is 31.4 Å². The van der Waals surface area contributed by atoms with Crippen LogP contribution in [0, 0.1) is 11.3 Å². The number of amides is 1. The Labute approximate surface area is 141 Å². The topological polar surface area (TPSA) is 47.9 Å². The van der Waals surface area contributed by atoms with Gasteiger partial charge in [-0.2, -0.15) is 0 Å². The minimum atomic E-state index is 0.0530. The number of hydrogen-bond donors (Lipinski definition) is 1. The van der Waals surface area contributed by atoms with Gasteiger partial charge in [0.05, 0.1) is 0 Å². The molecule has 0 aromatic carbocycles. The van der Waals surface area contributed by atoms with Crippen molar-refractivity contribution in [2.45, 2.75) is 58.9 Å². The number of nitrogens with one attached hydrogen (secondary N) is 1. The van der Waals surface area contributed by atoms with Crippen LogP contribution in [0.5, 0.6) is 0 Å². The highest BCUT2D eigenvalue weighted by molar-refractivity contribution is 5.85. The monoisotopic (exact) mass is 322 g/mol. The third kappa shape index (κ3) is 4.18. The first-order valence-electron chi connectivity index (χ1n) is 9.14. The van der Waals surface area contributed by atoms with Gasteiger partial charge in [-0.15, -0.1) is 0 Å². The number of likely N-dealkylation sites (tertiary alicyclic amines) is 1. The average Bonchev–Trinajstić information content (AvgIpc) is 2.49. The zero-order chi connectivity index (χ0) is 17.0. The standard InChI is InChI=1S/C18H34N4O/c1-6-15(3)20-17(19-12-16(23)21(4)5)22-11-8-14(2)18(13-22)9-7-10-18/h14-15H,6-13H2,1-5H3,(H,19,20). The Kier molecular flexibility index (Phi) is 5.93. The molecule has 2 fully saturated rings. The molecule has 2 aliphatic rings. The Hall–Kier alpha value is -1.26. The van der Waals surface area contributed by atoms with Gasteiger partial charge in [0.15, 0.2) is 5.96 Å². The van der Waals surface area contributed by atoms with E-state index in [1.165, 1.54) is 25.7 Å². The van der Waals surface area contributed by atoms with Crippen molar-refractivity contribution in [3.63, 3.8) is 0 Å². The fourth-order valence-electron chi connectivity index (χ4n) is 3.58. The maximum Gasteiger partial charge on any atom is 0.243 e. The number of aliphatic imine (C=N–C) groups is 1. The van der Waals surface area contributed by atoms with Crippen molar-refractivity contribution in [2.24, 2.45) is 16.3 Å². The van der Waals surface area contributed by atoms with E-state index in [2.05, 4.69) is 36.0 Å². The molecule has 0 bridgehead atoms. The lowest BCUT2D eigenvalue weighted by atomic mass is 9.59. The summed E-state index contributed by atoms with van der Waals surface area (Å²) in [7, 11) is 3.57. The minimum absolute atomic E-state index is 0.0530. The Morgan fingerprint density at radius 2 is 2.13 bits per heavy atom. The molecular formula is C18H34N4O. The summed E-state index contributed by atoms with van der Waals surface area (Å²) in [6.45, 7) is 9.12. The molecule has 1 saturated carbocycles. The summed E-state index contributed by atoms with van der Waals surface area (Å²) < 4.78 is 0. The second-order valence-electron chi connectivity index (χ2n) is 7.71. The first-order valence-corrected chi connectivity index (χ1v) is 9.14. The minimum Gasteiger partial charge on any atom is -0.354 e. The lowest BCUT2D eigenvalue weighted by molar-refractivity contribution is -0.127. The SMILES string of the molecule is CCC(C)NC(=NCC(=O)N(C)C)N1CCC(C)C2(CCC2)C1. The maximum atomic E-state index is 11.9. The van der Waals surface area contributed by atoms with Crippen LogP contribution in [0.3, 0.4) is 0 Å². The van der Waals surface area contributed by atoms with Gasteiger partial charge in [-0.05, 0) is 43.9 Å². The molecule has 1 aliphatic heterocycles. The molecule has 0 aromatic rings. The van der Waals surface area contributed by atoms with E-state index in [1.54, 1.807) is 19.0 Å². The highest BCUT2D eigenvalue weighted by Crippen LogP contribution is 2.50. The average molecular weight is 322 g/mol. The summed E-state index contributed by atoms with van der Waals surface area (Å²) in [5, 5.41) is 3.54. The molecule has 0 aromatic heterocycles. The van der Waals surface area contributed by atoms with Crippen LogP contribution in [0.4, 0.5) is 0 Å². The number of likely N-dealkylation sites (N-methyl/N-ethyl adjacent to an activating group) is 1. The predicted molar refractivity (Wildman–Crippen MR) is 95.5 cm³/mol. The van der Waals surface area contributed by atoms with E-state index < -0.39 is 0 Å². The highest BCUT2D eigenvalue weighted by Gasteiger charge is 2.46. The largest absolute Gasteiger partial charge is 0.354 e. The molecule has 1 N–H and O–H groups in total. The molecule has 1 saturated heterocycles. The van der Waals surface area contributed by atoms with Crippen molar-refractivity contribution in [2.75, 3.05) is 33.7 Å². The quantitative estimate of drug-likeness (QED) is 0.638. The normalized spacial score (nSPS) is 25.0. The van der Waals surface area contributed by atoms with Gasteiger partial charge in [0.25, 0.3) is 0 Å². The molecule has 23 heavy (non-hydrogen) atoms. The number of carbonyl (C=O) groups excluding carboxylic acids is 1. The summed E-state index contributed by atoms with van der Waals surface area (Å²) in [6, 6.07) is 0.375. The van der Waals surface area contributed by atoms with Crippen molar-refractivity contribution in [3.05, 3.63) is 0 Å². The third-order valence-electron chi connectivity index (χ3n) is 5.88. The molecule has 2 atom stereocenters. The highest BCUT2D eigenvalue weighted by atomic mass is 16.2. The zero-order valence-electron chi connectivity index (χ0n) is 15.6. The van der Waals surface area contributed by atoms with Crippen LogP contribution in [0.15, 0.2) is 4.99 Å². The zero-order valence-corrected chi connectivity index (χ0v) is 15.6. The fourth-order valence-corrected chi connectivity index (χ4v) is 3.58. The molecule has 1 aliphatic carbocycles. The number of nitrogens with zero attached hydrogens (tertiary/aromatic N) is 3. The second-order valence-corrected chi connectivity index (χ2v) is 7.71. The summed E-state index contributed by atoms with van der Waals surface area (Å²) in [5.41, 5.74) is 0.488. The lowest BCUT2D eigenvalue weighted by Gasteiger charge is -2.53. The molecule has 2 unspecified atom stereocenters. The van der Waals surface area contributed by atoms with Crippen molar-refractivity contribution in [1.82, 2.24) is 15.1 Å². The molecule has 1 heterocycles. The van der Waals surface area contributed by atoms with E-state index in [1.807, 2.05) is 0 Å². The Morgan fingerprint density at radius 1 is 1.43 bits per heavy atom. The number of carbonyl (C=O) groups is 1. The Morgan fingerprint density at radius 3 is 2.65 bits per heavy atom. The molecule has 2 rings (SSSR count). The first kappa shape index (κ1) is 18.1. The van der Waals surface area contributed by atoms with Crippen LogP contribution in [-0.4, -0.2) is 61.4 Å². The number of piperidine rings is 1. The molecule has 1 amide bonds. The summed E-state index contributed by atoms with van der Waals surface area (Å²) in [4.78, 5) is 20.6. The van der Waals surface area contributed by atoms with Crippen LogP contribution in [-0.2, 0) is 4.79 Å². The molecule has 5 heteroatoms. The van der Waals surface area contributed by atoms with Crippen LogP contribution >= 0.6 is 0 Å². The van der Waals surface area contributed by atoms with Gasteiger partial charge in [-0.3, -0.25) is 4.79 Å². The maximum absolute atomic E-state index is 11.9.